The van der Waals surface area contributed by atoms with E-state index in [4.69, 9.17) is 17.3 Å². The van der Waals surface area contributed by atoms with Gasteiger partial charge in [0.05, 0.1) is 6.54 Å². The molecule has 0 aromatic carbocycles. The van der Waals surface area contributed by atoms with E-state index < -0.39 is 6.09 Å². The molecule has 0 radical (unpaired) electrons. The van der Waals surface area contributed by atoms with Gasteiger partial charge in [0.25, 0.3) is 0 Å². The van der Waals surface area contributed by atoms with Crippen LogP contribution >= 0.6 is 11.6 Å². The molecule has 1 fully saturated rings. The number of primary amides is 1. The maximum absolute atomic E-state index is 10.4. The summed E-state index contributed by atoms with van der Waals surface area (Å²) >= 11 is 5.86. The van der Waals surface area contributed by atoms with E-state index >= 15 is 0 Å². The third-order valence-corrected chi connectivity index (χ3v) is 2.78. The highest BCUT2D eigenvalue weighted by molar-refractivity contribution is 6.28. The molecular weight excluding hydrogens is 272 g/mol. The van der Waals surface area contributed by atoms with Crippen molar-refractivity contribution in [1.82, 2.24) is 15.0 Å². The van der Waals surface area contributed by atoms with Gasteiger partial charge in [-0.3, -0.25) is 0 Å². The van der Waals surface area contributed by atoms with Crippen LogP contribution in [0.1, 0.15) is 12.8 Å². The van der Waals surface area contributed by atoms with Crippen molar-refractivity contribution in [3.05, 3.63) is 5.28 Å². The first-order chi connectivity index (χ1) is 9.15. The van der Waals surface area contributed by atoms with Gasteiger partial charge in [0.15, 0.2) is 0 Å². The standard InChI is InChI=1S/C10H15ClN6O2/c11-7-14-9(13-3-6-19-8(12)18)16-10(15-7)17-4-1-2-5-17/h1-6H2,(H2,12,18)(H,13,14,15,16). The Kier molecular flexibility index (Phi) is 4.56. The van der Waals surface area contributed by atoms with Gasteiger partial charge in [-0.05, 0) is 24.4 Å². The lowest BCUT2D eigenvalue weighted by molar-refractivity contribution is 0.161. The van der Waals surface area contributed by atoms with Gasteiger partial charge in [-0.2, -0.15) is 15.0 Å². The van der Waals surface area contributed by atoms with Gasteiger partial charge in [-0.1, -0.05) is 0 Å². The van der Waals surface area contributed by atoms with Gasteiger partial charge in [0, 0.05) is 13.1 Å². The SMILES string of the molecule is NC(=O)OCCNc1nc(Cl)nc(N2CCCC2)n1. The van der Waals surface area contributed by atoms with E-state index in [2.05, 4.69) is 29.9 Å². The number of nitrogens with zero attached hydrogens (tertiary/aromatic N) is 4. The molecule has 1 aliphatic heterocycles. The molecule has 3 N–H and O–H groups in total. The Balaban J connectivity index is 1.94. The smallest absolute Gasteiger partial charge is 0.404 e. The van der Waals surface area contributed by atoms with Crippen LogP contribution < -0.4 is 16.0 Å². The number of ether oxygens (including phenoxy) is 1. The number of halogens is 1. The second kappa shape index (κ2) is 6.37. The molecule has 1 aliphatic rings. The number of rotatable bonds is 5. The molecular formula is C10H15ClN6O2. The predicted molar refractivity (Wildman–Crippen MR) is 70.3 cm³/mol. The molecule has 0 bridgehead atoms. The Bertz CT molecular complexity index is 452. The lowest BCUT2D eigenvalue weighted by Crippen LogP contribution is -2.22. The summed E-state index contributed by atoms with van der Waals surface area (Å²) in [7, 11) is 0. The number of carbonyl (C=O) groups excluding carboxylic acids is 1. The number of carbonyl (C=O) groups is 1. The fourth-order valence-corrected chi connectivity index (χ4v) is 1.95. The molecule has 1 saturated heterocycles. The van der Waals surface area contributed by atoms with Crippen LogP contribution in [0.25, 0.3) is 0 Å². The van der Waals surface area contributed by atoms with Crippen molar-refractivity contribution in [3.8, 4) is 0 Å². The zero-order valence-electron chi connectivity index (χ0n) is 10.3. The summed E-state index contributed by atoms with van der Waals surface area (Å²) in [5, 5.41) is 3.03. The van der Waals surface area contributed by atoms with E-state index in [0.717, 1.165) is 25.9 Å². The highest BCUT2D eigenvalue weighted by atomic mass is 35.5. The molecule has 0 unspecified atom stereocenters. The third kappa shape index (κ3) is 4.09. The second-order valence-electron chi connectivity index (χ2n) is 4.02. The molecule has 0 aliphatic carbocycles. The summed E-state index contributed by atoms with van der Waals surface area (Å²) in [4.78, 5) is 24.8. The van der Waals surface area contributed by atoms with Gasteiger partial charge in [-0.15, -0.1) is 0 Å². The topological polar surface area (TPSA) is 106 Å². The number of aromatic nitrogens is 3. The normalized spacial score (nSPS) is 14.5. The number of hydrogen-bond donors (Lipinski definition) is 2. The zero-order chi connectivity index (χ0) is 13.7. The quantitative estimate of drug-likeness (QED) is 0.765. The van der Waals surface area contributed by atoms with Crippen LogP contribution in [-0.2, 0) is 4.74 Å². The van der Waals surface area contributed by atoms with Crippen molar-refractivity contribution in [2.75, 3.05) is 36.5 Å². The average Bonchev–Trinajstić information content (AvgIpc) is 2.87. The predicted octanol–water partition coefficient (Wildman–Crippen LogP) is 0.632. The number of amides is 1. The Hall–Kier alpha value is -1.83. The summed E-state index contributed by atoms with van der Waals surface area (Å²) < 4.78 is 4.59. The molecule has 2 heterocycles. The van der Waals surface area contributed by atoms with Gasteiger partial charge in [-0.25, -0.2) is 4.79 Å². The number of hydrogen-bond acceptors (Lipinski definition) is 7. The minimum Gasteiger partial charge on any atom is -0.448 e. The zero-order valence-corrected chi connectivity index (χ0v) is 11.1. The fourth-order valence-electron chi connectivity index (χ4n) is 1.79. The van der Waals surface area contributed by atoms with Crippen molar-refractivity contribution in [1.29, 1.82) is 0 Å². The van der Waals surface area contributed by atoms with Crippen LogP contribution in [0.3, 0.4) is 0 Å². The Morgan fingerprint density at radius 2 is 2.11 bits per heavy atom. The minimum absolute atomic E-state index is 0.134. The molecule has 1 aromatic rings. The van der Waals surface area contributed by atoms with E-state index in [-0.39, 0.29) is 11.9 Å². The Morgan fingerprint density at radius 3 is 2.79 bits per heavy atom. The van der Waals surface area contributed by atoms with Crippen LogP contribution in [0.15, 0.2) is 0 Å². The average molecular weight is 287 g/mol. The first-order valence-electron chi connectivity index (χ1n) is 5.98. The number of nitrogens with two attached hydrogens (primary N) is 1. The minimum atomic E-state index is -0.812. The molecule has 1 aromatic heterocycles. The summed E-state index contributed by atoms with van der Waals surface area (Å²) in [6.07, 6.45) is 1.44. The highest BCUT2D eigenvalue weighted by Gasteiger charge is 2.16. The van der Waals surface area contributed by atoms with Gasteiger partial charge in [0.1, 0.15) is 6.61 Å². The van der Waals surface area contributed by atoms with Gasteiger partial charge in [0.2, 0.25) is 17.2 Å². The van der Waals surface area contributed by atoms with Gasteiger partial charge < -0.3 is 20.7 Å². The summed E-state index contributed by atoms with van der Waals surface area (Å²) in [5.74, 6) is 0.922. The maximum atomic E-state index is 10.4. The molecule has 19 heavy (non-hydrogen) atoms. The van der Waals surface area contributed by atoms with Crippen molar-refractivity contribution in [3.63, 3.8) is 0 Å². The fraction of sp³-hybridized carbons (Fsp3) is 0.600. The van der Waals surface area contributed by atoms with Crippen LogP contribution in [-0.4, -0.2) is 47.3 Å². The molecule has 0 atom stereocenters. The van der Waals surface area contributed by atoms with E-state index in [1.165, 1.54) is 0 Å². The first-order valence-corrected chi connectivity index (χ1v) is 6.35. The molecule has 8 nitrogen and oxygen atoms in total. The molecule has 0 saturated carbocycles. The van der Waals surface area contributed by atoms with E-state index in [1.54, 1.807) is 0 Å². The summed E-state index contributed by atoms with van der Waals surface area (Å²) in [5.41, 5.74) is 4.84. The van der Waals surface area contributed by atoms with Crippen LogP contribution in [0.5, 0.6) is 0 Å². The molecule has 9 heteroatoms. The highest BCUT2D eigenvalue weighted by Crippen LogP contribution is 2.18. The van der Waals surface area contributed by atoms with Crippen LogP contribution in [0.4, 0.5) is 16.7 Å². The maximum Gasteiger partial charge on any atom is 0.404 e. The lowest BCUT2D eigenvalue weighted by Gasteiger charge is -2.15. The Morgan fingerprint density at radius 1 is 1.37 bits per heavy atom. The van der Waals surface area contributed by atoms with Crippen LogP contribution in [0, 0.1) is 0 Å². The molecule has 2 rings (SSSR count). The summed E-state index contributed by atoms with van der Waals surface area (Å²) in [6.45, 7) is 2.33. The number of anilines is 2. The monoisotopic (exact) mass is 286 g/mol. The van der Waals surface area contributed by atoms with E-state index in [1.807, 2.05) is 0 Å². The first kappa shape index (κ1) is 13.6. The molecule has 104 valence electrons. The van der Waals surface area contributed by atoms with Crippen molar-refractivity contribution in [2.24, 2.45) is 5.73 Å². The van der Waals surface area contributed by atoms with Crippen molar-refractivity contribution in [2.45, 2.75) is 12.8 Å². The Labute approximate surface area is 115 Å². The largest absolute Gasteiger partial charge is 0.448 e. The van der Waals surface area contributed by atoms with E-state index in [0.29, 0.717) is 18.4 Å². The van der Waals surface area contributed by atoms with Gasteiger partial charge >= 0.3 is 6.09 Å². The van der Waals surface area contributed by atoms with Crippen molar-refractivity contribution < 1.29 is 9.53 Å². The lowest BCUT2D eigenvalue weighted by atomic mass is 10.4. The second-order valence-corrected chi connectivity index (χ2v) is 4.35. The molecule has 1 amide bonds. The van der Waals surface area contributed by atoms with Crippen LogP contribution in [0.2, 0.25) is 5.28 Å². The summed E-state index contributed by atoms with van der Waals surface area (Å²) in [6, 6.07) is 0. The molecule has 0 spiro atoms. The van der Waals surface area contributed by atoms with E-state index in [9.17, 15) is 4.79 Å². The number of nitrogens with one attached hydrogen (secondary N) is 1. The third-order valence-electron chi connectivity index (χ3n) is 2.61. The van der Waals surface area contributed by atoms with Crippen molar-refractivity contribution >= 4 is 29.6 Å².